The maximum atomic E-state index is 4.26. The number of halogens is 1. The molecule has 1 aromatic rings. The Morgan fingerprint density at radius 2 is 2.00 bits per heavy atom. The van der Waals surface area contributed by atoms with Crippen molar-refractivity contribution in [3.63, 3.8) is 0 Å². The van der Waals surface area contributed by atoms with Crippen molar-refractivity contribution in [2.24, 2.45) is 10.9 Å². The molecule has 1 saturated carbocycles. The highest BCUT2D eigenvalue weighted by molar-refractivity contribution is 14.0. The Kier molecular flexibility index (Phi) is 6.62. The van der Waals surface area contributed by atoms with Crippen LogP contribution in [0.2, 0.25) is 0 Å². The van der Waals surface area contributed by atoms with Crippen molar-refractivity contribution in [2.75, 3.05) is 13.6 Å². The van der Waals surface area contributed by atoms with E-state index in [-0.39, 0.29) is 24.0 Å². The van der Waals surface area contributed by atoms with Gasteiger partial charge in [0.1, 0.15) is 0 Å². The van der Waals surface area contributed by atoms with Gasteiger partial charge in [-0.25, -0.2) is 0 Å². The Balaban J connectivity index is 0.00000180. The lowest BCUT2D eigenvalue weighted by Gasteiger charge is -2.16. The smallest absolute Gasteiger partial charge is 0.191 e. The van der Waals surface area contributed by atoms with Gasteiger partial charge in [0.05, 0.1) is 0 Å². The summed E-state index contributed by atoms with van der Waals surface area (Å²) in [6.07, 6.45) is 1.26. The van der Waals surface area contributed by atoms with Crippen molar-refractivity contribution in [3.8, 4) is 0 Å². The lowest BCUT2D eigenvalue weighted by molar-refractivity contribution is 0.691. The fourth-order valence-corrected chi connectivity index (χ4v) is 2.04. The summed E-state index contributed by atoms with van der Waals surface area (Å²) in [5.74, 6) is 2.20. The van der Waals surface area contributed by atoms with Crippen LogP contribution < -0.4 is 10.6 Å². The van der Waals surface area contributed by atoms with Gasteiger partial charge in [-0.3, -0.25) is 4.99 Å². The van der Waals surface area contributed by atoms with Crippen molar-refractivity contribution in [1.29, 1.82) is 0 Å². The molecule has 1 aliphatic rings. The van der Waals surface area contributed by atoms with Gasteiger partial charge in [0.15, 0.2) is 5.96 Å². The maximum absolute atomic E-state index is 4.26. The number of rotatable bonds is 4. The van der Waals surface area contributed by atoms with E-state index in [0.29, 0.717) is 12.0 Å². The molecule has 1 fully saturated rings. The first-order chi connectivity index (χ1) is 8.70. The van der Waals surface area contributed by atoms with Crippen LogP contribution in [0.1, 0.15) is 31.7 Å². The van der Waals surface area contributed by atoms with E-state index in [1.165, 1.54) is 12.0 Å². The summed E-state index contributed by atoms with van der Waals surface area (Å²) in [7, 11) is 1.83. The predicted octanol–water partition coefficient (Wildman–Crippen LogP) is 2.98. The largest absolute Gasteiger partial charge is 0.356 e. The lowest BCUT2D eigenvalue weighted by atomic mass is 10.0. The third kappa shape index (κ3) is 5.01. The molecule has 0 radical (unpaired) electrons. The second kappa shape index (κ2) is 7.72. The molecule has 4 heteroatoms. The minimum atomic E-state index is 0. The van der Waals surface area contributed by atoms with Crippen molar-refractivity contribution in [3.05, 3.63) is 35.9 Å². The predicted molar refractivity (Wildman–Crippen MR) is 92.3 cm³/mol. The van der Waals surface area contributed by atoms with E-state index < -0.39 is 0 Å². The molecule has 0 bridgehead atoms. The number of aliphatic imine (C=N–C) groups is 1. The molecule has 19 heavy (non-hydrogen) atoms. The average Bonchev–Trinajstić information content (AvgIpc) is 3.10. The fourth-order valence-electron chi connectivity index (χ4n) is 2.04. The van der Waals surface area contributed by atoms with Crippen molar-refractivity contribution >= 4 is 29.9 Å². The normalized spacial score (nSPS) is 23.2. The van der Waals surface area contributed by atoms with Crippen LogP contribution in [-0.4, -0.2) is 25.6 Å². The summed E-state index contributed by atoms with van der Waals surface area (Å²) in [4.78, 5) is 4.26. The Bertz CT molecular complexity index is 405. The molecule has 0 aromatic heterocycles. The molecule has 3 atom stereocenters. The summed E-state index contributed by atoms with van der Waals surface area (Å²) in [5, 5.41) is 6.83. The lowest BCUT2D eigenvalue weighted by Crippen LogP contribution is -2.40. The molecule has 106 valence electrons. The number of guanidine groups is 1. The topological polar surface area (TPSA) is 36.4 Å². The summed E-state index contributed by atoms with van der Waals surface area (Å²) in [6, 6.07) is 11.2. The summed E-state index contributed by atoms with van der Waals surface area (Å²) in [5.41, 5.74) is 1.36. The molecule has 0 spiro atoms. The quantitative estimate of drug-likeness (QED) is 0.484. The molecule has 3 nitrogen and oxygen atoms in total. The minimum absolute atomic E-state index is 0. The highest BCUT2D eigenvalue weighted by Gasteiger charge is 2.33. The molecular weight excluding hydrogens is 349 g/mol. The summed E-state index contributed by atoms with van der Waals surface area (Å²) >= 11 is 0. The molecule has 0 amide bonds. The molecule has 1 aromatic carbocycles. The number of nitrogens with one attached hydrogen (secondary N) is 2. The fraction of sp³-hybridized carbons (Fsp3) is 0.533. The number of benzene rings is 1. The van der Waals surface area contributed by atoms with Gasteiger partial charge in [0.25, 0.3) is 0 Å². The Morgan fingerprint density at radius 1 is 1.37 bits per heavy atom. The van der Waals surface area contributed by atoms with Crippen molar-refractivity contribution in [2.45, 2.75) is 32.2 Å². The third-order valence-electron chi connectivity index (χ3n) is 3.60. The van der Waals surface area contributed by atoms with Crippen LogP contribution in [0.5, 0.6) is 0 Å². The Morgan fingerprint density at radius 3 is 2.53 bits per heavy atom. The zero-order valence-electron chi connectivity index (χ0n) is 11.9. The van der Waals surface area contributed by atoms with Gasteiger partial charge in [-0.15, -0.1) is 24.0 Å². The van der Waals surface area contributed by atoms with E-state index in [1.807, 2.05) is 7.05 Å². The van der Waals surface area contributed by atoms with E-state index in [1.54, 1.807) is 0 Å². The van der Waals surface area contributed by atoms with Crippen LogP contribution in [0.15, 0.2) is 35.3 Å². The van der Waals surface area contributed by atoms with Gasteiger partial charge in [0.2, 0.25) is 0 Å². The number of hydrogen-bond donors (Lipinski definition) is 2. The first kappa shape index (κ1) is 16.3. The molecule has 2 N–H and O–H groups in total. The molecule has 0 saturated heterocycles. The third-order valence-corrected chi connectivity index (χ3v) is 3.60. The van der Waals surface area contributed by atoms with E-state index in [9.17, 15) is 0 Å². The molecule has 3 unspecified atom stereocenters. The standard InChI is InChI=1S/C15H23N3.HI/c1-11-9-14(11)18-15(16-3)17-10-12(2)13-7-5-4-6-8-13;/h4-8,11-12,14H,9-10H2,1-3H3,(H2,16,17,18);1H. The summed E-state index contributed by atoms with van der Waals surface area (Å²) < 4.78 is 0. The second-order valence-corrected chi connectivity index (χ2v) is 5.23. The molecular formula is C15H24IN3. The first-order valence-electron chi connectivity index (χ1n) is 6.73. The van der Waals surface area contributed by atoms with E-state index in [4.69, 9.17) is 0 Å². The van der Waals surface area contributed by atoms with Crippen LogP contribution in [0.3, 0.4) is 0 Å². The van der Waals surface area contributed by atoms with Gasteiger partial charge in [-0.05, 0) is 23.8 Å². The first-order valence-corrected chi connectivity index (χ1v) is 6.73. The van der Waals surface area contributed by atoms with Crippen LogP contribution in [-0.2, 0) is 0 Å². The molecule has 0 aliphatic heterocycles. The molecule has 0 heterocycles. The van der Waals surface area contributed by atoms with Gasteiger partial charge in [-0.1, -0.05) is 44.2 Å². The SMILES string of the molecule is CN=C(NCC(C)c1ccccc1)NC1CC1C.I. The second-order valence-electron chi connectivity index (χ2n) is 5.23. The van der Waals surface area contributed by atoms with Gasteiger partial charge < -0.3 is 10.6 Å². The zero-order chi connectivity index (χ0) is 13.0. The zero-order valence-corrected chi connectivity index (χ0v) is 14.2. The Hall–Kier alpha value is -0.780. The molecule has 1 aliphatic carbocycles. The monoisotopic (exact) mass is 373 g/mol. The van der Waals surface area contributed by atoms with Crippen LogP contribution in [0.25, 0.3) is 0 Å². The maximum Gasteiger partial charge on any atom is 0.191 e. The van der Waals surface area contributed by atoms with Crippen molar-refractivity contribution < 1.29 is 0 Å². The number of hydrogen-bond acceptors (Lipinski definition) is 1. The number of nitrogens with zero attached hydrogens (tertiary/aromatic N) is 1. The highest BCUT2D eigenvalue weighted by atomic mass is 127. The van der Waals surface area contributed by atoms with Crippen LogP contribution >= 0.6 is 24.0 Å². The average molecular weight is 373 g/mol. The molecule has 2 rings (SSSR count). The Labute approximate surface area is 133 Å². The minimum Gasteiger partial charge on any atom is -0.356 e. The van der Waals surface area contributed by atoms with Crippen LogP contribution in [0, 0.1) is 5.92 Å². The van der Waals surface area contributed by atoms with E-state index >= 15 is 0 Å². The van der Waals surface area contributed by atoms with Gasteiger partial charge in [0, 0.05) is 19.6 Å². The summed E-state index contributed by atoms with van der Waals surface area (Å²) in [6.45, 7) is 5.40. The van der Waals surface area contributed by atoms with Crippen LogP contribution in [0.4, 0.5) is 0 Å². The van der Waals surface area contributed by atoms with Gasteiger partial charge >= 0.3 is 0 Å². The van der Waals surface area contributed by atoms with Gasteiger partial charge in [-0.2, -0.15) is 0 Å². The van der Waals surface area contributed by atoms with Crippen molar-refractivity contribution in [1.82, 2.24) is 10.6 Å². The highest BCUT2D eigenvalue weighted by Crippen LogP contribution is 2.28. The van der Waals surface area contributed by atoms with E-state index in [0.717, 1.165) is 18.4 Å². The van der Waals surface area contributed by atoms with E-state index in [2.05, 4.69) is 59.8 Å².